The molecule has 10 aromatic rings. The summed E-state index contributed by atoms with van der Waals surface area (Å²) < 4.78 is 4.85. The molecule has 268 valence electrons. The second-order valence-corrected chi connectivity index (χ2v) is 14.7. The third-order valence-corrected chi connectivity index (χ3v) is 11.4. The van der Waals surface area contributed by atoms with Crippen molar-refractivity contribution in [2.45, 2.75) is 18.5 Å². The number of hydrogen-bond acceptors (Lipinski definition) is 3. The zero-order chi connectivity index (χ0) is 37.0. The monoisotopic (exact) mass is 721 g/mol. The lowest BCUT2D eigenvalue weighted by atomic mass is 10.0. The number of aromatic nitrogens is 2. The quantitative estimate of drug-likeness (QED) is 0.160. The summed E-state index contributed by atoms with van der Waals surface area (Å²) >= 11 is 0. The van der Waals surface area contributed by atoms with E-state index in [-0.39, 0.29) is 18.5 Å². The number of nitrogens with zero attached hydrogens (tertiary/aromatic N) is 2. The van der Waals surface area contributed by atoms with Gasteiger partial charge in [0.25, 0.3) is 0 Å². The fourth-order valence-corrected chi connectivity index (χ4v) is 8.77. The van der Waals surface area contributed by atoms with Crippen molar-refractivity contribution in [3.8, 4) is 22.5 Å². The molecule has 2 aromatic heterocycles. The van der Waals surface area contributed by atoms with E-state index in [1.54, 1.807) is 0 Å². The highest BCUT2D eigenvalue weighted by atomic mass is 15.4. The Morgan fingerprint density at radius 3 is 1.36 bits per heavy atom. The molecule has 0 amide bonds. The van der Waals surface area contributed by atoms with Gasteiger partial charge in [0.05, 0.1) is 40.6 Å². The Morgan fingerprint density at radius 1 is 0.286 bits per heavy atom. The first-order chi connectivity index (χ1) is 27.8. The van der Waals surface area contributed by atoms with Crippen LogP contribution in [-0.4, -0.2) is 9.13 Å². The van der Waals surface area contributed by atoms with E-state index in [0.717, 1.165) is 11.4 Å². The molecule has 1 saturated heterocycles. The molecule has 8 aromatic carbocycles. The summed E-state index contributed by atoms with van der Waals surface area (Å²) in [6, 6.07) is 72.2. The number of hydrogen-bond donors (Lipinski definition) is 3. The van der Waals surface area contributed by atoms with Crippen LogP contribution in [0.1, 0.15) is 35.2 Å². The summed E-state index contributed by atoms with van der Waals surface area (Å²) in [5, 5.41) is 16.7. The minimum Gasteiger partial charge on any atom is -0.309 e. The van der Waals surface area contributed by atoms with Gasteiger partial charge in [-0.3, -0.25) is 16.0 Å². The van der Waals surface area contributed by atoms with Gasteiger partial charge in [0, 0.05) is 32.9 Å². The predicted octanol–water partition coefficient (Wildman–Crippen LogP) is 11.7. The van der Waals surface area contributed by atoms with Crippen molar-refractivity contribution in [2.24, 2.45) is 0 Å². The molecule has 1 aliphatic rings. The molecule has 3 heterocycles. The number of para-hydroxylation sites is 3. The number of rotatable bonds is 6. The number of benzene rings is 8. The van der Waals surface area contributed by atoms with Gasteiger partial charge in [-0.15, -0.1) is 0 Å². The summed E-state index contributed by atoms with van der Waals surface area (Å²) in [6.07, 6.45) is -0.270. The molecule has 3 N–H and O–H groups in total. The lowest BCUT2D eigenvalue weighted by molar-refractivity contribution is 0.203. The molecule has 0 aliphatic carbocycles. The van der Waals surface area contributed by atoms with E-state index in [1.165, 1.54) is 71.4 Å². The van der Waals surface area contributed by atoms with Gasteiger partial charge in [0.15, 0.2) is 0 Å². The average molecular weight is 722 g/mol. The highest BCUT2D eigenvalue weighted by molar-refractivity contribution is 6.19. The highest BCUT2D eigenvalue weighted by Gasteiger charge is 2.30. The van der Waals surface area contributed by atoms with Gasteiger partial charge in [-0.1, -0.05) is 152 Å². The largest absolute Gasteiger partial charge is 0.309 e. The minimum absolute atomic E-state index is 0.0636. The smallest absolute Gasteiger partial charge is 0.0865 e. The average Bonchev–Trinajstić information content (AvgIpc) is 3.78. The highest BCUT2D eigenvalue weighted by Crippen LogP contribution is 2.40. The summed E-state index contributed by atoms with van der Waals surface area (Å²) in [7, 11) is 0. The Balaban J connectivity index is 1.04. The van der Waals surface area contributed by atoms with Gasteiger partial charge in [-0.25, -0.2) is 0 Å². The van der Waals surface area contributed by atoms with Gasteiger partial charge in [0.1, 0.15) is 0 Å². The van der Waals surface area contributed by atoms with Gasteiger partial charge < -0.3 is 9.13 Å². The topological polar surface area (TPSA) is 46.0 Å². The van der Waals surface area contributed by atoms with Crippen molar-refractivity contribution >= 4 is 43.6 Å². The first-order valence-electron chi connectivity index (χ1n) is 19.4. The fourth-order valence-electron chi connectivity index (χ4n) is 8.77. The van der Waals surface area contributed by atoms with Crippen molar-refractivity contribution in [1.82, 2.24) is 25.1 Å². The van der Waals surface area contributed by atoms with Crippen molar-refractivity contribution in [1.29, 1.82) is 0 Å². The molecule has 56 heavy (non-hydrogen) atoms. The maximum Gasteiger partial charge on any atom is 0.0865 e. The lowest BCUT2D eigenvalue weighted by Gasteiger charge is -2.39. The van der Waals surface area contributed by atoms with Crippen LogP contribution in [0.25, 0.3) is 66.1 Å². The Bertz CT molecular complexity index is 3000. The van der Waals surface area contributed by atoms with Crippen LogP contribution in [0.4, 0.5) is 0 Å². The van der Waals surface area contributed by atoms with Crippen LogP contribution >= 0.6 is 0 Å². The van der Waals surface area contributed by atoms with Gasteiger partial charge in [-0.2, -0.15) is 0 Å². The molecular formula is C51H39N5. The molecule has 0 radical (unpaired) electrons. The SMILES string of the molecule is c1ccc(-c2ccc(C3NC(c4ccccc4)NC(c4cccc(-n5c6ccccc6c6cc7c8ccccc8n(-c8ccccc8)c7cc65)c4)N3)cc2)cc1. The Morgan fingerprint density at radius 2 is 0.732 bits per heavy atom. The van der Waals surface area contributed by atoms with E-state index in [2.05, 4.69) is 225 Å². The molecule has 0 spiro atoms. The number of nitrogens with one attached hydrogen (secondary N) is 3. The maximum absolute atomic E-state index is 3.92. The predicted molar refractivity (Wildman–Crippen MR) is 231 cm³/mol. The molecule has 11 rings (SSSR count). The zero-order valence-electron chi connectivity index (χ0n) is 30.7. The van der Waals surface area contributed by atoms with Crippen molar-refractivity contribution in [3.05, 3.63) is 217 Å². The third-order valence-electron chi connectivity index (χ3n) is 11.4. The van der Waals surface area contributed by atoms with E-state index < -0.39 is 0 Å². The molecule has 5 nitrogen and oxygen atoms in total. The molecule has 1 fully saturated rings. The molecule has 0 bridgehead atoms. The minimum atomic E-state index is -0.124. The van der Waals surface area contributed by atoms with Gasteiger partial charge in [-0.05, 0) is 76.3 Å². The second kappa shape index (κ2) is 13.5. The van der Waals surface area contributed by atoms with Crippen LogP contribution in [0.3, 0.4) is 0 Å². The lowest BCUT2D eigenvalue weighted by Crippen LogP contribution is -2.54. The standard InChI is InChI=1S/C51H39N5/c1-4-15-34(16-5-1)35-27-29-37(30-28-35)50-52-49(36-17-6-2-7-18-36)53-51(54-50)38-19-14-22-40(31-38)56-46-26-13-11-24-42(46)44-32-43-41-23-10-12-25-45(41)55(47(43)33-48(44)56)39-20-8-3-9-21-39/h1-33,49-54H. The molecule has 0 saturated carbocycles. The first kappa shape index (κ1) is 32.7. The molecule has 3 unspecified atom stereocenters. The van der Waals surface area contributed by atoms with Crippen molar-refractivity contribution in [2.75, 3.05) is 0 Å². The second-order valence-electron chi connectivity index (χ2n) is 14.7. The van der Waals surface area contributed by atoms with Crippen LogP contribution in [0.15, 0.2) is 200 Å². The molecule has 3 atom stereocenters. The Labute approximate surface area is 325 Å². The van der Waals surface area contributed by atoms with Gasteiger partial charge >= 0.3 is 0 Å². The third kappa shape index (κ3) is 5.52. The number of fused-ring (bicyclic) bond motifs is 6. The summed E-state index contributed by atoms with van der Waals surface area (Å²) in [5.41, 5.74) is 13.0. The van der Waals surface area contributed by atoms with E-state index in [9.17, 15) is 0 Å². The first-order valence-corrected chi connectivity index (χ1v) is 19.4. The summed E-state index contributed by atoms with van der Waals surface area (Å²) in [5.74, 6) is 0. The van der Waals surface area contributed by atoms with E-state index in [0.29, 0.717) is 0 Å². The molecular weight excluding hydrogens is 683 g/mol. The zero-order valence-corrected chi connectivity index (χ0v) is 30.7. The van der Waals surface area contributed by atoms with Gasteiger partial charge in [0.2, 0.25) is 0 Å². The van der Waals surface area contributed by atoms with Crippen LogP contribution < -0.4 is 16.0 Å². The molecule has 5 heteroatoms. The van der Waals surface area contributed by atoms with E-state index in [4.69, 9.17) is 0 Å². The Kier molecular flexibility index (Phi) is 7.88. The van der Waals surface area contributed by atoms with Crippen molar-refractivity contribution < 1.29 is 0 Å². The van der Waals surface area contributed by atoms with E-state index in [1.807, 2.05) is 0 Å². The van der Waals surface area contributed by atoms with Crippen LogP contribution in [0.2, 0.25) is 0 Å². The van der Waals surface area contributed by atoms with E-state index >= 15 is 0 Å². The van der Waals surface area contributed by atoms with Crippen LogP contribution in [-0.2, 0) is 0 Å². The molecule has 1 aliphatic heterocycles. The van der Waals surface area contributed by atoms with Crippen LogP contribution in [0.5, 0.6) is 0 Å². The van der Waals surface area contributed by atoms with Crippen LogP contribution in [0, 0.1) is 0 Å². The fraction of sp³-hybridized carbons (Fsp3) is 0.0588. The summed E-state index contributed by atoms with van der Waals surface area (Å²) in [6.45, 7) is 0. The van der Waals surface area contributed by atoms with Crippen molar-refractivity contribution in [3.63, 3.8) is 0 Å². The normalized spacial score (nSPS) is 17.2. The Hall–Kier alpha value is -6.76. The summed E-state index contributed by atoms with van der Waals surface area (Å²) in [4.78, 5) is 0. The maximum atomic E-state index is 3.92.